The molecule has 1 N–H and O–H groups in total. The van der Waals surface area contributed by atoms with Gasteiger partial charge in [-0.3, -0.25) is 4.79 Å². The summed E-state index contributed by atoms with van der Waals surface area (Å²) in [6, 6.07) is 21.4. The third kappa shape index (κ3) is 4.32. The lowest BCUT2D eigenvalue weighted by molar-refractivity contribution is -0.118. The fraction of sp³-hybridized carbons (Fsp3) is 0.0870. The van der Waals surface area contributed by atoms with E-state index in [9.17, 15) is 9.59 Å². The first-order valence-electron chi connectivity index (χ1n) is 9.08. The molecule has 3 aromatic carbocycles. The zero-order valence-corrected chi connectivity index (χ0v) is 15.7. The Morgan fingerprint density at radius 3 is 2.72 bits per heavy atom. The number of fused-ring (bicyclic) bond motifs is 1. The minimum Gasteiger partial charge on any atom is -0.484 e. The summed E-state index contributed by atoms with van der Waals surface area (Å²) in [5, 5.41) is 3.20. The maximum Gasteiger partial charge on any atom is 0.347 e. The first-order chi connectivity index (χ1) is 14.1. The highest BCUT2D eigenvalue weighted by molar-refractivity contribution is 5.92. The zero-order valence-electron chi connectivity index (χ0n) is 15.7. The van der Waals surface area contributed by atoms with Crippen LogP contribution in [0.15, 0.2) is 82.0 Å². The van der Waals surface area contributed by atoms with Gasteiger partial charge in [-0.25, -0.2) is 9.78 Å². The topological polar surface area (TPSA) is 81.4 Å². The second-order valence-corrected chi connectivity index (χ2v) is 6.56. The molecule has 4 aromatic rings. The number of hydrogen-bond donors (Lipinski definition) is 1. The van der Waals surface area contributed by atoms with Gasteiger partial charge in [-0.15, -0.1) is 0 Å². The molecule has 4 rings (SSSR count). The maximum atomic E-state index is 12.2. The van der Waals surface area contributed by atoms with Gasteiger partial charge in [0, 0.05) is 11.3 Å². The number of ether oxygens (including phenoxy) is 1. The van der Waals surface area contributed by atoms with Gasteiger partial charge in [-0.2, -0.15) is 0 Å². The molecule has 1 amide bonds. The standard InChI is InChI=1S/C23H18N2O4/c1-15-6-4-9-18(12-15)28-14-21(26)24-17-8-5-7-16(13-17)22-25-20-11-3-2-10-19(20)23(27)29-22/h2-13H,14H2,1H3,(H,24,26). The van der Waals surface area contributed by atoms with Crippen molar-refractivity contribution in [2.45, 2.75) is 6.92 Å². The van der Waals surface area contributed by atoms with Gasteiger partial charge in [0.15, 0.2) is 6.61 Å². The molecular formula is C23H18N2O4. The average molecular weight is 386 g/mol. The van der Waals surface area contributed by atoms with E-state index in [1.807, 2.05) is 31.2 Å². The van der Waals surface area contributed by atoms with Gasteiger partial charge in [-0.05, 0) is 55.0 Å². The van der Waals surface area contributed by atoms with Crippen LogP contribution < -0.4 is 15.7 Å². The molecule has 144 valence electrons. The molecule has 1 aromatic heterocycles. The Morgan fingerprint density at radius 1 is 1.03 bits per heavy atom. The molecule has 29 heavy (non-hydrogen) atoms. The zero-order chi connectivity index (χ0) is 20.2. The van der Waals surface area contributed by atoms with Crippen molar-refractivity contribution in [2.75, 3.05) is 11.9 Å². The Labute approximate surface area is 166 Å². The quantitative estimate of drug-likeness (QED) is 0.556. The van der Waals surface area contributed by atoms with E-state index in [1.54, 1.807) is 48.5 Å². The van der Waals surface area contributed by atoms with E-state index in [2.05, 4.69) is 10.3 Å². The van der Waals surface area contributed by atoms with Crippen molar-refractivity contribution >= 4 is 22.5 Å². The van der Waals surface area contributed by atoms with E-state index < -0.39 is 5.63 Å². The molecule has 6 nitrogen and oxygen atoms in total. The normalized spacial score (nSPS) is 10.7. The third-order valence-electron chi connectivity index (χ3n) is 4.29. The predicted molar refractivity (Wildman–Crippen MR) is 111 cm³/mol. The highest BCUT2D eigenvalue weighted by Gasteiger charge is 2.10. The SMILES string of the molecule is Cc1cccc(OCC(=O)Nc2cccc(-c3nc4ccccc4c(=O)o3)c2)c1. The molecule has 0 aliphatic rings. The Hall–Kier alpha value is -3.93. The van der Waals surface area contributed by atoms with Gasteiger partial charge < -0.3 is 14.5 Å². The van der Waals surface area contributed by atoms with E-state index in [-0.39, 0.29) is 18.4 Å². The second-order valence-electron chi connectivity index (χ2n) is 6.56. The van der Waals surface area contributed by atoms with Gasteiger partial charge >= 0.3 is 5.63 Å². The van der Waals surface area contributed by atoms with E-state index in [1.165, 1.54) is 0 Å². The highest BCUT2D eigenvalue weighted by Crippen LogP contribution is 2.22. The van der Waals surface area contributed by atoms with Crippen LogP contribution in [-0.4, -0.2) is 17.5 Å². The first-order valence-corrected chi connectivity index (χ1v) is 9.08. The minimum atomic E-state index is -0.452. The lowest BCUT2D eigenvalue weighted by atomic mass is 10.2. The second kappa shape index (κ2) is 7.98. The summed E-state index contributed by atoms with van der Waals surface area (Å²) in [4.78, 5) is 28.8. The number of carbonyl (C=O) groups is 1. The summed E-state index contributed by atoms with van der Waals surface area (Å²) in [5.41, 5.74) is 2.30. The van der Waals surface area contributed by atoms with E-state index >= 15 is 0 Å². The summed E-state index contributed by atoms with van der Waals surface area (Å²) in [6.45, 7) is 1.84. The lowest BCUT2D eigenvalue weighted by Crippen LogP contribution is -2.20. The van der Waals surface area contributed by atoms with E-state index in [0.717, 1.165) is 5.56 Å². The van der Waals surface area contributed by atoms with Crippen LogP contribution in [-0.2, 0) is 4.79 Å². The summed E-state index contributed by atoms with van der Waals surface area (Å²) in [7, 11) is 0. The molecular weight excluding hydrogens is 368 g/mol. The van der Waals surface area contributed by atoms with E-state index in [4.69, 9.17) is 9.15 Å². The summed E-state index contributed by atoms with van der Waals surface area (Å²) in [5.74, 6) is 0.536. The number of hydrogen-bond acceptors (Lipinski definition) is 5. The first kappa shape index (κ1) is 18.4. The molecule has 0 unspecified atom stereocenters. The number of rotatable bonds is 5. The molecule has 0 atom stereocenters. The van der Waals surface area contributed by atoms with Crippen LogP contribution in [0.25, 0.3) is 22.4 Å². The molecule has 0 bridgehead atoms. The number of amides is 1. The summed E-state index contributed by atoms with van der Waals surface area (Å²) >= 11 is 0. The van der Waals surface area contributed by atoms with Crippen molar-refractivity contribution in [1.82, 2.24) is 4.98 Å². The van der Waals surface area contributed by atoms with Crippen LogP contribution in [0.4, 0.5) is 5.69 Å². The van der Waals surface area contributed by atoms with Crippen molar-refractivity contribution in [3.63, 3.8) is 0 Å². The van der Waals surface area contributed by atoms with E-state index in [0.29, 0.717) is 27.9 Å². The molecule has 6 heteroatoms. The molecule has 0 saturated heterocycles. The molecule has 0 radical (unpaired) electrons. The number of aromatic nitrogens is 1. The van der Waals surface area contributed by atoms with Crippen molar-refractivity contribution in [3.05, 3.63) is 88.8 Å². The van der Waals surface area contributed by atoms with Crippen LogP contribution in [0.3, 0.4) is 0 Å². The maximum absolute atomic E-state index is 12.2. The number of para-hydroxylation sites is 1. The van der Waals surface area contributed by atoms with Crippen molar-refractivity contribution in [1.29, 1.82) is 0 Å². The lowest BCUT2D eigenvalue weighted by Gasteiger charge is -2.09. The Morgan fingerprint density at radius 2 is 1.86 bits per heavy atom. The van der Waals surface area contributed by atoms with Crippen LogP contribution >= 0.6 is 0 Å². The molecule has 1 heterocycles. The fourth-order valence-electron chi connectivity index (χ4n) is 2.92. The largest absolute Gasteiger partial charge is 0.484 e. The molecule has 0 spiro atoms. The van der Waals surface area contributed by atoms with Gasteiger partial charge in [0.05, 0.1) is 10.9 Å². The Balaban J connectivity index is 1.50. The average Bonchev–Trinajstić information content (AvgIpc) is 2.72. The van der Waals surface area contributed by atoms with Gasteiger partial charge in [0.2, 0.25) is 5.89 Å². The van der Waals surface area contributed by atoms with Crippen LogP contribution in [0.2, 0.25) is 0 Å². The van der Waals surface area contributed by atoms with Gasteiger partial charge in [0.25, 0.3) is 5.91 Å². The molecule has 0 saturated carbocycles. The number of carbonyl (C=O) groups excluding carboxylic acids is 1. The smallest absolute Gasteiger partial charge is 0.347 e. The Kier molecular flexibility index (Phi) is 5.07. The number of anilines is 1. The summed E-state index contributed by atoms with van der Waals surface area (Å²) < 4.78 is 10.9. The summed E-state index contributed by atoms with van der Waals surface area (Å²) in [6.07, 6.45) is 0. The third-order valence-corrected chi connectivity index (χ3v) is 4.29. The number of benzene rings is 3. The van der Waals surface area contributed by atoms with Crippen LogP contribution in [0.5, 0.6) is 5.75 Å². The minimum absolute atomic E-state index is 0.114. The molecule has 0 aliphatic heterocycles. The number of nitrogens with one attached hydrogen (secondary N) is 1. The van der Waals surface area contributed by atoms with Crippen molar-refractivity contribution < 1.29 is 13.9 Å². The highest BCUT2D eigenvalue weighted by atomic mass is 16.5. The Bertz CT molecular complexity index is 1250. The molecule has 0 aliphatic carbocycles. The monoisotopic (exact) mass is 386 g/mol. The van der Waals surface area contributed by atoms with Crippen LogP contribution in [0.1, 0.15) is 5.56 Å². The van der Waals surface area contributed by atoms with Crippen molar-refractivity contribution in [3.8, 4) is 17.2 Å². The van der Waals surface area contributed by atoms with Gasteiger partial charge in [-0.1, -0.05) is 30.3 Å². The number of aryl methyl sites for hydroxylation is 1. The fourth-order valence-corrected chi connectivity index (χ4v) is 2.92. The van der Waals surface area contributed by atoms with Gasteiger partial charge in [0.1, 0.15) is 5.75 Å². The predicted octanol–water partition coefficient (Wildman–Crippen LogP) is 4.18. The number of nitrogens with zero attached hydrogens (tertiary/aromatic N) is 1. The van der Waals surface area contributed by atoms with Crippen molar-refractivity contribution in [2.24, 2.45) is 0 Å². The van der Waals surface area contributed by atoms with Crippen LogP contribution in [0, 0.1) is 6.92 Å². The molecule has 0 fully saturated rings.